The van der Waals surface area contributed by atoms with Crippen molar-refractivity contribution in [1.29, 1.82) is 0 Å². The minimum Gasteiger partial charge on any atom is -0.490 e. The summed E-state index contributed by atoms with van der Waals surface area (Å²) in [4.78, 5) is 12.4. The maximum absolute atomic E-state index is 12.4. The van der Waals surface area contributed by atoms with Crippen molar-refractivity contribution in [2.45, 2.75) is 46.0 Å². The lowest BCUT2D eigenvalue weighted by atomic mass is 9.93. The van der Waals surface area contributed by atoms with Crippen molar-refractivity contribution in [3.05, 3.63) is 35.4 Å². The first kappa shape index (κ1) is 15.6. The van der Waals surface area contributed by atoms with Crippen LogP contribution in [0.15, 0.2) is 29.8 Å². The average molecular weight is 288 g/mol. The zero-order valence-electron chi connectivity index (χ0n) is 13.0. The maximum Gasteiger partial charge on any atom is 0.167 e. The number of benzene rings is 1. The van der Waals surface area contributed by atoms with Crippen molar-refractivity contribution in [1.82, 2.24) is 0 Å². The maximum atomic E-state index is 12.4. The third kappa shape index (κ3) is 4.35. The molecule has 114 valence electrons. The third-order valence-corrected chi connectivity index (χ3v) is 3.64. The van der Waals surface area contributed by atoms with Crippen LogP contribution in [0.2, 0.25) is 0 Å². The number of Topliss-reactive ketones (excluding diaryl/α,β-unsaturated/α-hetero) is 1. The summed E-state index contributed by atoms with van der Waals surface area (Å²) in [5.74, 6) is 1.52. The van der Waals surface area contributed by atoms with Gasteiger partial charge in [0, 0.05) is 12.0 Å². The number of hydrogen-bond donors (Lipinski definition) is 0. The number of hydrogen-bond acceptors (Lipinski definition) is 3. The molecule has 0 unspecified atom stereocenters. The molecule has 0 saturated heterocycles. The van der Waals surface area contributed by atoms with Crippen molar-refractivity contribution in [3.63, 3.8) is 0 Å². The Morgan fingerprint density at radius 2 is 1.86 bits per heavy atom. The fourth-order valence-electron chi connectivity index (χ4n) is 2.60. The predicted molar refractivity (Wildman–Crippen MR) is 84.3 cm³/mol. The topological polar surface area (TPSA) is 35.5 Å². The van der Waals surface area contributed by atoms with Crippen molar-refractivity contribution in [2.24, 2.45) is 0 Å². The van der Waals surface area contributed by atoms with E-state index in [4.69, 9.17) is 9.47 Å². The molecule has 0 amide bonds. The molecule has 1 aliphatic carbocycles. The number of carbonyl (C=O) groups is 1. The highest BCUT2D eigenvalue weighted by Crippen LogP contribution is 2.30. The van der Waals surface area contributed by atoms with Crippen LogP contribution in [0.3, 0.4) is 0 Å². The van der Waals surface area contributed by atoms with E-state index in [1.807, 2.05) is 26.0 Å². The SMILES string of the molecule is CCOc1ccc(C(=O)CC2=CCCCC2)cc1OCC. The summed E-state index contributed by atoms with van der Waals surface area (Å²) in [6.07, 6.45) is 7.36. The Morgan fingerprint density at radius 1 is 1.10 bits per heavy atom. The molecule has 2 rings (SSSR count). The molecule has 0 atom stereocenters. The molecule has 0 fully saturated rings. The summed E-state index contributed by atoms with van der Waals surface area (Å²) < 4.78 is 11.1. The first-order valence-corrected chi connectivity index (χ1v) is 7.85. The second kappa shape index (κ2) is 7.87. The Hall–Kier alpha value is -1.77. The molecule has 1 aromatic carbocycles. The van der Waals surface area contributed by atoms with Crippen molar-refractivity contribution < 1.29 is 14.3 Å². The van der Waals surface area contributed by atoms with Gasteiger partial charge in [0.25, 0.3) is 0 Å². The monoisotopic (exact) mass is 288 g/mol. The third-order valence-electron chi connectivity index (χ3n) is 3.64. The molecule has 0 spiro atoms. The summed E-state index contributed by atoms with van der Waals surface area (Å²) in [5.41, 5.74) is 1.98. The van der Waals surface area contributed by atoms with E-state index in [0.717, 1.165) is 12.8 Å². The van der Waals surface area contributed by atoms with Crippen LogP contribution in [-0.4, -0.2) is 19.0 Å². The molecule has 21 heavy (non-hydrogen) atoms. The fourth-order valence-corrected chi connectivity index (χ4v) is 2.60. The molecular formula is C18H24O3. The number of carbonyl (C=O) groups excluding carboxylic acids is 1. The summed E-state index contributed by atoms with van der Waals surface area (Å²) >= 11 is 0. The van der Waals surface area contributed by atoms with Crippen molar-refractivity contribution in [2.75, 3.05) is 13.2 Å². The van der Waals surface area contributed by atoms with Gasteiger partial charge in [-0.15, -0.1) is 0 Å². The van der Waals surface area contributed by atoms with Crippen LogP contribution in [0.5, 0.6) is 11.5 Å². The molecule has 0 aliphatic heterocycles. The lowest BCUT2D eigenvalue weighted by Crippen LogP contribution is -2.05. The zero-order valence-corrected chi connectivity index (χ0v) is 13.0. The van der Waals surface area contributed by atoms with Gasteiger partial charge in [-0.25, -0.2) is 0 Å². The van der Waals surface area contributed by atoms with Gasteiger partial charge in [0.2, 0.25) is 0 Å². The number of rotatable bonds is 7. The van der Waals surface area contributed by atoms with Crippen LogP contribution in [0.25, 0.3) is 0 Å². The minimum absolute atomic E-state index is 0.159. The molecule has 0 radical (unpaired) electrons. The van der Waals surface area contributed by atoms with Crippen LogP contribution < -0.4 is 9.47 Å². The number of ketones is 1. The lowest BCUT2D eigenvalue weighted by Gasteiger charge is -2.14. The fraction of sp³-hybridized carbons (Fsp3) is 0.500. The zero-order chi connectivity index (χ0) is 15.1. The Kier molecular flexibility index (Phi) is 5.85. The Labute approximate surface area is 127 Å². The smallest absolute Gasteiger partial charge is 0.167 e. The molecule has 3 heteroatoms. The van der Waals surface area contributed by atoms with Gasteiger partial charge in [-0.3, -0.25) is 4.79 Å². The molecule has 0 saturated carbocycles. The first-order chi connectivity index (χ1) is 10.2. The van der Waals surface area contributed by atoms with E-state index in [1.54, 1.807) is 6.07 Å². The van der Waals surface area contributed by atoms with E-state index < -0.39 is 0 Å². The summed E-state index contributed by atoms with van der Waals surface area (Å²) in [7, 11) is 0. The van der Waals surface area contributed by atoms with E-state index in [-0.39, 0.29) is 5.78 Å². The summed E-state index contributed by atoms with van der Waals surface area (Å²) in [5, 5.41) is 0. The van der Waals surface area contributed by atoms with Gasteiger partial charge in [-0.2, -0.15) is 0 Å². The number of ether oxygens (including phenoxy) is 2. The molecule has 3 nitrogen and oxygen atoms in total. The van der Waals surface area contributed by atoms with Gasteiger partial charge in [0.15, 0.2) is 17.3 Å². The molecule has 0 heterocycles. The van der Waals surface area contributed by atoms with Gasteiger partial charge < -0.3 is 9.47 Å². The van der Waals surface area contributed by atoms with Crippen LogP contribution in [-0.2, 0) is 0 Å². The standard InChI is InChI=1S/C18H24O3/c1-3-20-17-11-10-15(13-18(17)21-4-2)16(19)12-14-8-6-5-7-9-14/h8,10-11,13H,3-7,9,12H2,1-2H3. The normalized spacial score (nSPS) is 14.5. The van der Waals surface area contributed by atoms with Crippen LogP contribution in [0.1, 0.15) is 56.3 Å². The van der Waals surface area contributed by atoms with Gasteiger partial charge in [-0.05, 0) is 57.7 Å². The van der Waals surface area contributed by atoms with E-state index in [2.05, 4.69) is 6.08 Å². The molecule has 0 aromatic heterocycles. The van der Waals surface area contributed by atoms with Crippen LogP contribution in [0.4, 0.5) is 0 Å². The van der Waals surface area contributed by atoms with Crippen LogP contribution >= 0.6 is 0 Å². The minimum atomic E-state index is 0.159. The van der Waals surface area contributed by atoms with E-state index in [0.29, 0.717) is 36.7 Å². The van der Waals surface area contributed by atoms with Gasteiger partial charge >= 0.3 is 0 Å². The molecule has 0 bridgehead atoms. The lowest BCUT2D eigenvalue weighted by molar-refractivity contribution is 0.0991. The van der Waals surface area contributed by atoms with Gasteiger partial charge in [0.1, 0.15) is 0 Å². The average Bonchev–Trinajstić information content (AvgIpc) is 2.50. The molecule has 1 aliphatic rings. The highest BCUT2D eigenvalue weighted by atomic mass is 16.5. The highest BCUT2D eigenvalue weighted by molar-refractivity contribution is 5.98. The Bertz CT molecular complexity index is 517. The highest BCUT2D eigenvalue weighted by Gasteiger charge is 2.14. The second-order valence-electron chi connectivity index (χ2n) is 5.24. The largest absolute Gasteiger partial charge is 0.490 e. The van der Waals surface area contributed by atoms with Crippen molar-refractivity contribution in [3.8, 4) is 11.5 Å². The van der Waals surface area contributed by atoms with Crippen molar-refractivity contribution >= 4 is 5.78 Å². The summed E-state index contributed by atoms with van der Waals surface area (Å²) in [6, 6.07) is 5.47. The van der Waals surface area contributed by atoms with E-state index in [9.17, 15) is 4.79 Å². The second-order valence-corrected chi connectivity index (χ2v) is 5.24. The quantitative estimate of drug-likeness (QED) is 0.545. The molecular weight excluding hydrogens is 264 g/mol. The Morgan fingerprint density at radius 3 is 2.52 bits per heavy atom. The Balaban J connectivity index is 2.12. The van der Waals surface area contributed by atoms with Gasteiger partial charge in [-0.1, -0.05) is 11.6 Å². The first-order valence-electron chi connectivity index (χ1n) is 7.85. The van der Waals surface area contributed by atoms with Gasteiger partial charge in [0.05, 0.1) is 13.2 Å². The van der Waals surface area contributed by atoms with E-state index >= 15 is 0 Å². The van der Waals surface area contributed by atoms with Crippen LogP contribution in [0, 0.1) is 0 Å². The predicted octanol–water partition coefficient (Wildman–Crippen LogP) is 4.56. The van der Waals surface area contributed by atoms with E-state index in [1.165, 1.54) is 18.4 Å². The molecule has 1 aromatic rings. The number of allylic oxidation sites excluding steroid dienone is 2. The molecule has 0 N–H and O–H groups in total. The summed E-state index contributed by atoms with van der Waals surface area (Å²) in [6.45, 7) is 5.00.